The fourth-order valence-electron chi connectivity index (χ4n) is 7.20. The van der Waals surface area contributed by atoms with Gasteiger partial charge >= 0.3 is 6.09 Å². The number of carbonyl (C=O) groups excluding carboxylic acids is 3. The number of rotatable bonds is 6. The van der Waals surface area contributed by atoms with Gasteiger partial charge in [0.1, 0.15) is 11.9 Å². The molecule has 3 amide bonds. The summed E-state index contributed by atoms with van der Waals surface area (Å²) in [6, 6.07) is 11.3. The molecule has 5 aliphatic heterocycles. The SMILES string of the molecule is CC1(C)OCc2nc(CN3CCN(c4ccc(N5C[C@H](CN6C(=O)c7ccccc7C6=O)OC5=O)cc4F)CC3)c3c(c2CO1)COC(C)(C)O3. The Kier molecular flexibility index (Phi) is 8.24. The van der Waals surface area contributed by atoms with Gasteiger partial charge in [-0.05, 0) is 44.2 Å². The smallest absolute Gasteiger partial charge is 0.414 e. The first-order valence-electron chi connectivity index (χ1n) is 17.2. The van der Waals surface area contributed by atoms with Crippen LogP contribution >= 0.6 is 0 Å². The van der Waals surface area contributed by atoms with Crippen LogP contribution in [0, 0.1) is 5.82 Å². The first-order valence-corrected chi connectivity index (χ1v) is 17.2. The second-order valence-electron chi connectivity index (χ2n) is 14.3. The van der Waals surface area contributed by atoms with Gasteiger partial charge in [-0.2, -0.15) is 0 Å². The number of hydrogen-bond donors (Lipinski definition) is 0. The number of benzene rings is 2. The van der Waals surface area contributed by atoms with E-state index in [1.165, 1.54) is 11.0 Å². The molecule has 0 unspecified atom stereocenters. The first-order chi connectivity index (χ1) is 24.4. The Morgan fingerprint density at radius 1 is 0.843 bits per heavy atom. The number of anilines is 2. The zero-order valence-corrected chi connectivity index (χ0v) is 29.1. The van der Waals surface area contributed by atoms with Crippen molar-refractivity contribution in [2.75, 3.05) is 49.1 Å². The van der Waals surface area contributed by atoms with Gasteiger partial charge in [0, 0.05) is 57.7 Å². The Bertz CT molecular complexity index is 1890. The van der Waals surface area contributed by atoms with E-state index in [1.807, 2.05) is 32.6 Å². The normalized spacial score (nSPS) is 22.6. The number of pyridine rings is 1. The van der Waals surface area contributed by atoms with Gasteiger partial charge in [0.05, 0.1) is 66.8 Å². The molecule has 0 radical (unpaired) electrons. The van der Waals surface area contributed by atoms with Crippen molar-refractivity contribution in [3.05, 3.63) is 81.9 Å². The molecular weight excluding hydrogens is 661 g/mol. The van der Waals surface area contributed by atoms with Gasteiger partial charge < -0.3 is 28.6 Å². The van der Waals surface area contributed by atoms with Crippen molar-refractivity contribution in [2.24, 2.45) is 0 Å². The van der Waals surface area contributed by atoms with E-state index < -0.39 is 41.4 Å². The molecule has 0 aliphatic carbocycles. The quantitative estimate of drug-likeness (QED) is 0.336. The van der Waals surface area contributed by atoms with E-state index >= 15 is 4.39 Å². The number of amides is 3. The average molecular weight is 702 g/mol. The number of hydrogen-bond acceptors (Lipinski definition) is 11. The Labute approximate surface area is 294 Å². The highest BCUT2D eigenvalue weighted by atomic mass is 19.1. The van der Waals surface area contributed by atoms with Crippen molar-refractivity contribution < 1.29 is 42.5 Å². The Hall–Kier alpha value is -4.63. The molecule has 0 spiro atoms. The number of fused-ring (bicyclic) bond motifs is 4. The van der Waals surface area contributed by atoms with Gasteiger partial charge in [-0.25, -0.2) is 14.2 Å². The number of ether oxygens (including phenoxy) is 5. The molecule has 6 heterocycles. The van der Waals surface area contributed by atoms with E-state index in [2.05, 4.69) is 4.90 Å². The van der Waals surface area contributed by atoms with Crippen LogP contribution in [-0.4, -0.2) is 89.6 Å². The molecule has 2 aromatic carbocycles. The number of nitrogens with zero attached hydrogens (tertiary/aromatic N) is 5. The lowest BCUT2D eigenvalue weighted by atomic mass is 10.0. The summed E-state index contributed by atoms with van der Waals surface area (Å²) in [6.45, 7) is 11.6. The Morgan fingerprint density at radius 2 is 1.51 bits per heavy atom. The standard InChI is InChI=1S/C37H40FN5O8/c1-36(2)47-19-26-27-20-48-37(3,4)51-32(27)29(39-30(26)21-49-36)18-40-11-13-41(14-12-40)31-10-9-22(15-28(31)38)42-16-23(50-35(42)46)17-43-33(44)24-7-5-6-8-25(24)34(43)45/h5-10,15,23H,11-14,16-21H2,1-4H3/t23-/m1/s1. The summed E-state index contributed by atoms with van der Waals surface area (Å²) in [5.74, 6) is -2.11. The zero-order valence-electron chi connectivity index (χ0n) is 29.1. The molecule has 0 bridgehead atoms. The van der Waals surface area contributed by atoms with Crippen LogP contribution in [0.4, 0.5) is 20.6 Å². The molecule has 0 saturated carbocycles. The van der Waals surface area contributed by atoms with Crippen LogP contribution in [0.2, 0.25) is 0 Å². The van der Waals surface area contributed by atoms with Crippen molar-refractivity contribution in [3.63, 3.8) is 0 Å². The number of aromatic nitrogens is 1. The fraction of sp³-hybridized carbons (Fsp3) is 0.459. The van der Waals surface area contributed by atoms with Gasteiger partial charge in [-0.15, -0.1) is 0 Å². The maximum Gasteiger partial charge on any atom is 0.414 e. The van der Waals surface area contributed by atoms with E-state index in [4.69, 9.17) is 28.7 Å². The molecular formula is C37H40FN5O8. The molecule has 14 heteroatoms. The summed E-state index contributed by atoms with van der Waals surface area (Å²) in [5.41, 5.74) is 4.95. The number of cyclic esters (lactones) is 1. The number of piperazine rings is 1. The van der Waals surface area contributed by atoms with Crippen molar-refractivity contribution in [3.8, 4) is 5.75 Å². The minimum atomic E-state index is -0.799. The molecule has 51 heavy (non-hydrogen) atoms. The van der Waals surface area contributed by atoms with Gasteiger partial charge in [0.25, 0.3) is 11.8 Å². The van der Waals surface area contributed by atoms with E-state index in [-0.39, 0.29) is 13.1 Å². The lowest BCUT2D eigenvalue weighted by Crippen LogP contribution is -2.46. The summed E-state index contributed by atoms with van der Waals surface area (Å²) in [4.78, 5) is 50.1. The molecule has 0 N–H and O–H groups in total. The first kappa shape index (κ1) is 33.5. The minimum Gasteiger partial charge on any atom is -0.461 e. The Balaban J connectivity index is 0.916. The van der Waals surface area contributed by atoms with Crippen LogP contribution in [0.25, 0.3) is 0 Å². The molecule has 2 fully saturated rings. The highest BCUT2D eigenvalue weighted by Crippen LogP contribution is 2.40. The summed E-state index contributed by atoms with van der Waals surface area (Å²) < 4.78 is 45.5. The molecule has 1 atom stereocenters. The summed E-state index contributed by atoms with van der Waals surface area (Å²) in [6.07, 6.45) is -1.40. The third-order valence-electron chi connectivity index (χ3n) is 10.0. The topological polar surface area (TPSA) is 123 Å². The van der Waals surface area contributed by atoms with Crippen LogP contribution in [0.5, 0.6) is 5.75 Å². The van der Waals surface area contributed by atoms with E-state index in [0.29, 0.717) is 75.0 Å². The third-order valence-corrected chi connectivity index (χ3v) is 10.0. The van der Waals surface area contributed by atoms with E-state index in [0.717, 1.165) is 33.2 Å². The maximum absolute atomic E-state index is 15.7. The van der Waals surface area contributed by atoms with Gasteiger partial charge in [0.2, 0.25) is 5.79 Å². The second-order valence-corrected chi connectivity index (χ2v) is 14.3. The fourth-order valence-corrected chi connectivity index (χ4v) is 7.20. The largest absolute Gasteiger partial charge is 0.461 e. The summed E-state index contributed by atoms with van der Waals surface area (Å²) >= 11 is 0. The highest BCUT2D eigenvalue weighted by Gasteiger charge is 2.41. The van der Waals surface area contributed by atoms with E-state index in [1.54, 1.807) is 36.4 Å². The van der Waals surface area contributed by atoms with Crippen LogP contribution in [0.1, 0.15) is 70.9 Å². The number of imide groups is 1. The molecule has 8 rings (SSSR count). The monoisotopic (exact) mass is 701 g/mol. The lowest BCUT2D eigenvalue weighted by Gasteiger charge is -2.38. The van der Waals surface area contributed by atoms with Gasteiger partial charge in [-0.1, -0.05) is 12.1 Å². The van der Waals surface area contributed by atoms with Gasteiger partial charge in [0.15, 0.2) is 11.5 Å². The highest BCUT2D eigenvalue weighted by molar-refractivity contribution is 6.21. The predicted molar refractivity (Wildman–Crippen MR) is 181 cm³/mol. The Morgan fingerprint density at radius 3 is 2.22 bits per heavy atom. The summed E-state index contributed by atoms with van der Waals surface area (Å²) in [5, 5.41) is 0. The zero-order chi connectivity index (χ0) is 35.7. The lowest BCUT2D eigenvalue weighted by molar-refractivity contribution is -0.220. The van der Waals surface area contributed by atoms with E-state index in [9.17, 15) is 14.4 Å². The van der Waals surface area contributed by atoms with Crippen LogP contribution < -0.4 is 14.5 Å². The van der Waals surface area contributed by atoms with Crippen molar-refractivity contribution in [1.29, 1.82) is 0 Å². The second kappa shape index (κ2) is 12.5. The average Bonchev–Trinajstić information content (AvgIpc) is 3.52. The number of carbonyl (C=O) groups is 3. The van der Waals surface area contributed by atoms with Crippen molar-refractivity contribution >= 4 is 29.3 Å². The van der Waals surface area contributed by atoms with Gasteiger partial charge in [-0.3, -0.25) is 24.3 Å². The van der Waals surface area contributed by atoms with Crippen molar-refractivity contribution in [1.82, 2.24) is 14.8 Å². The molecule has 1 aromatic heterocycles. The van der Waals surface area contributed by atoms with Crippen molar-refractivity contribution in [2.45, 2.75) is 71.7 Å². The number of halogens is 1. The third kappa shape index (κ3) is 6.30. The molecule has 2 saturated heterocycles. The van der Waals surface area contributed by atoms with Crippen LogP contribution in [0.3, 0.4) is 0 Å². The molecule has 3 aromatic rings. The molecule has 13 nitrogen and oxygen atoms in total. The summed E-state index contributed by atoms with van der Waals surface area (Å²) in [7, 11) is 0. The predicted octanol–water partition coefficient (Wildman–Crippen LogP) is 4.59. The maximum atomic E-state index is 15.7. The molecule has 5 aliphatic rings. The van der Waals surface area contributed by atoms with Crippen LogP contribution in [0.15, 0.2) is 42.5 Å². The minimum absolute atomic E-state index is 0.0774. The molecule has 268 valence electrons. The van der Waals surface area contributed by atoms with Crippen LogP contribution in [-0.2, 0) is 45.3 Å².